The van der Waals surface area contributed by atoms with Gasteiger partial charge >= 0.3 is 0 Å². The van der Waals surface area contributed by atoms with E-state index in [4.69, 9.17) is 9.47 Å². The van der Waals surface area contributed by atoms with Crippen molar-refractivity contribution in [2.45, 2.75) is 26.4 Å². The Kier molecular flexibility index (Phi) is 6.16. The highest BCUT2D eigenvalue weighted by Crippen LogP contribution is 2.31. The molecular weight excluding hydrogens is 375 g/mol. The maximum absolute atomic E-state index is 13.2. The number of carbonyl (C=O) groups is 1. The molecule has 152 valence electrons. The molecule has 0 aliphatic rings. The van der Waals surface area contributed by atoms with Crippen molar-refractivity contribution in [2.75, 3.05) is 14.2 Å². The van der Waals surface area contributed by atoms with E-state index in [2.05, 4.69) is 4.98 Å². The Morgan fingerprint density at radius 1 is 1.03 bits per heavy atom. The summed E-state index contributed by atoms with van der Waals surface area (Å²) >= 11 is 0. The molecule has 0 aliphatic carbocycles. The van der Waals surface area contributed by atoms with E-state index in [1.165, 1.54) is 19.2 Å². The molecule has 1 amide bonds. The van der Waals surface area contributed by atoms with Gasteiger partial charge in [0, 0.05) is 30.0 Å². The molecule has 0 atom stereocenters. The average Bonchev–Trinajstić information content (AvgIpc) is 2.73. The van der Waals surface area contributed by atoms with Gasteiger partial charge in [-0.05, 0) is 29.8 Å². The molecule has 7 heteroatoms. The molecule has 1 N–H and O–H groups in total. The second-order valence-corrected chi connectivity index (χ2v) is 6.65. The molecule has 1 aromatic heterocycles. The van der Waals surface area contributed by atoms with Crippen LogP contribution in [0, 0.1) is 5.82 Å². The number of amides is 1. The molecule has 3 aromatic rings. The van der Waals surface area contributed by atoms with Gasteiger partial charge in [0.15, 0.2) is 11.5 Å². The molecule has 6 nitrogen and oxygen atoms in total. The number of carbonyl (C=O) groups excluding carboxylic acids is 1. The van der Waals surface area contributed by atoms with Gasteiger partial charge in [0.2, 0.25) is 5.91 Å². The summed E-state index contributed by atoms with van der Waals surface area (Å²) in [6, 6.07) is 11.2. The average molecular weight is 398 g/mol. The number of rotatable bonds is 7. The fourth-order valence-corrected chi connectivity index (χ4v) is 3.17. The Morgan fingerprint density at radius 2 is 1.69 bits per heavy atom. The van der Waals surface area contributed by atoms with Crippen LogP contribution in [0.5, 0.6) is 11.5 Å². The van der Waals surface area contributed by atoms with Crippen molar-refractivity contribution in [3.63, 3.8) is 0 Å². The van der Waals surface area contributed by atoms with Crippen molar-refractivity contribution < 1.29 is 18.7 Å². The first-order chi connectivity index (χ1) is 13.9. The molecule has 0 saturated carbocycles. The van der Waals surface area contributed by atoms with Gasteiger partial charge in [0.25, 0.3) is 5.56 Å². The normalized spacial score (nSPS) is 10.8. The third kappa shape index (κ3) is 4.56. The summed E-state index contributed by atoms with van der Waals surface area (Å²) in [6.07, 6.45) is 0.303. The molecular formula is C22H23FN2O4. The number of methoxy groups -OCH3 is 2. The molecule has 0 saturated heterocycles. The largest absolute Gasteiger partial charge is 0.493 e. The van der Waals surface area contributed by atoms with Crippen LogP contribution in [0.4, 0.5) is 4.39 Å². The van der Waals surface area contributed by atoms with Crippen LogP contribution in [0.1, 0.15) is 24.5 Å². The standard InChI is InChI=1S/C22H23FN2O4/c1-4-21(26)25(12-14-5-7-17(23)8-6-14)13-16-9-15-10-19(28-2)20(29-3)11-18(15)24-22(16)27/h5-11H,4,12-13H2,1-3H3,(H,24,27). The number of H-pyrrole nitrogens is 1. The molecule has 0 radical (unpaired) electrons. The molecule has 0 bridgehead atoms. The fourth-order valence-electron chi connectivity index (χ4n) is 3.17. The Labute approximate surface area is 167 Å². The third-order valence-corrected chi connectivity index (χ3v) is 4.73. The Balaban J connectivity index is 1.95. The predicted octanol–water partition coefficient (Wildman–Crippen LogP) is 3.62. The number of fused-ring (bicyclic) bond motifs is 1. The third-order valence-electron chi connectivity index (χ3n) is 4.73. The highest BCUT2D eigenvalue weighted by molar-refractivity contribution is 5.83. The number of halogens is 1. The summed E-state index contributed by atoms with van der Waals surface area (Å²) in [5.41, 5.74) is 1.58. The monoisotopic (exact) mass is 398 g/mol. The fraction of sp³-hybridized carbons (Fsp3) is 0.273. The zero-order valence-corrected chi connectivity index (χ0v) is 16.6. The van der Waals surface area contributed by atoms with E-state index in [-0.39, 0.29) is 30.4 Å². The lowest BCUT2D eigenvalue weighted by Gasteiger charge is -2.22. The van der Waals surface area contributed by atoms with E-state index in [9.17, 15) is 14.0 Å². The quantitative estimate of drug-likeness (QED) is 0.660. The van der Waals surface area contributed by atoms with Gasteiger partial charge in [-0.3, -0.25) is 9.59 Å². The molecule has 2 aromatic carbocycles. The summed E-state index contributed by atoms with van der Waals surface area (Å²) in [5, 5.41) is 0.767. The number of hydrogen-bond acceptors (Lipinski definition) is 4. The Hall–Kier alpha value is -3.35. The van der Waals surface area contributed by atoms with Crippen LogP contribution >= 0.6 is 0 Å². The number of benzene rings is 2. The van der Waals surface area contributed by atoms with Crippen LogP contribution in [0.3, 0.4) is 0 Å². The highest BCUT2D eigenvalue weighted by Gasteiger charge is 2.16. The van der Waals surface area contributed by atoms with Gasteiger partial charge in [-0.2, -0.15) is 0 Å². The Bertz CT molecular complexity index is 1080. The predicted molar refractivity (Wildman–Crippen MR) is 109 cm³/mol. The molecule has 29 heavy (non-hydrogen) atoms. The topological polar surface area (TPSA) is 71.6 Å². The van der Waals surface area contributed by atoms with Gasteiger partial charge in [-0.15, -0.1) is 0 Å². The number of hydrogen-bond donors (Lipinski definition) is 1. The van der Waals surface area contributed by atoms with Crippen molar-refractivity contribution in [1.82, 2.24) is 9.88 Å². The Morgan fingerprint density at radius 3 is 2.31 bits per heavy atom. The lowest BCUT2D eigenvalue weighted by atomic mass is 10.1. The minimum Gasteiger partial charge on any atom is -0.493 e. The van der Waals surface area contributed by atoms with Gasteiger partial charge < -0.3 is 19.4 Å². The first-order valence-electron chi connectivity index (χ1n) is 9.25. The lowest BCUT2D eigenvalue weighted by molar-refractivity contribution is -0.132. The van der Waals surface area contributed by atoms with Crippen LogP contribution in [-0.2, 0) is 17.9 Å². The first kappa shape index (κ1) is 20.4. The molecule has 0 unspecified atom stereocenters. The van der Waals surface area contributed by atoms with Crippen LogP contribution in [0.2, 0.25) is 0 Å². The van der Waals surface area contributed by atoms with E-state index in [0.29, 0.717) is 29.0 Å². The van der Waals surface area contributed by atoms with Gasteiger partial charge in [0.1, 0.15) is 5.82 Å². The maximum Gasteiger partial charge on any atom is 0.253 e. The zero-order valence-electron chi connectivity index (χ0n) is 16.6. The summed E-state index contributed by atoms with van der Waals surface area (Å²) in [6.45, 7) is 2.20. The number of aromatic nitrogens is 1. The van der Waals surface area contributed by atoms with Crippen LogP contribution in [0.25, 0.3) is 10.9 Å². The lowest BCUT2D eigenvalue weighted by Crippen LogP contribution is -2.31. The summed E-state index contributed by atoms with van der Waals surface area (Å²) in [7, 11) is 3.07. The van der Waals surface area contributed by atoms with Gasteiger partial charge in [-0.1, -0.05) is 19.1 Å². The number of nitrogens with one attached hydrogen (secondary N) is 1. The molecule has 1 heterocycles. The van der Waals surface area contributed by atoms with Crippen molar-refractivity contribution in [3.8, 4) is 11.5 Å². The first-order valence-corrected chi connectivity index (χ1v) is 9.25. The van der Waals surface area contributed by atoms with E-state index in [1.54, 1.807) is 49.3 Å². The van der Waals surface area contributed by atoms with E-state index in [1.807, 2.05) is 0 Å². The van der Waals surface area contributed by atoms with E-state index < -0.39 is 0 Å². The molecule has 0 spiro atoms. The molecule has 0 fully saturated rings. The van der Waals surface area contributed by atoms with Crippen LogP contribution in [-0.4, -0.2) is 30.0 Å². The van der Waals surface area contributed by atoms with E-state index >= 15 is 0 Å². The summed E-state index contributed by atoms with van der Waals surface area (Å²) < 4.78 is 23.8. The second kappa shape index (κ2) is 8.77. The zero-order chi connectivity index (χ0) is 21.0. The van der Waals surface area contributed by atoms with Crippen LogP contribution in [0.15, 0.2) is 47.3 Å². The number of pyridine rings is 1. The van der Waals surface area contributed by atoms with Crippen molar-refractivity contribution >= 4 is 16.8 Å². The van der Waals surface area contributed by atoms with Gasteiger partial charge in [-0.25, -0.2) is 4.39 Å². The molecule has 0 aliphatic heterocycles. The van der Waals surface area contributed by atoms with Crippen molar-refractivity contribution in [2.24, 2.45) is 0 Å². The van der Waals surface area contributed by atoms with Crippen molar-refractivity contribution in [3.05, 3.63) is 69.8 Å². The summed E-state index contributed by atoms with van der Waals surface area (Å²) in [5.74, 6) is 0.631. The second-order valence-electron chi connectivity index (χ2n) is 6.65. The SMILES string of the molecule is CCC(=O)N(Cc1ccc(F)cc1)Cc1cc2cc(OC)c(OC)cc2[nH]c1=O. The maximum atomic E-state index is 13.2. The van der Waals surface area contributed by atoms with E-state index in [0.717, 1.165) is 10.9 Å². The highest BCUT2D eigenvalue weighted by atomic mass is 19.1. The number of nitrogens with zero attached hydrogens (tertiary/aromatic N) is 1. The smallest absolute Gasteiger partial charge is 0.253 e. The minimum atomic E-state index is -0.336. The molecule has 3 rings (SSSR count). The summed E-state index contributed by atoms with van der Waals surface area (Å²) in [4.78, 5) is 29.5. The number of ether oxygens (including phenoxy) is 2. The van der Waals surface area contributed by atoms with Crippen LogP contribution < -0.4 is 15.0 Å². The number of aromatic amines is 1. The minimum absolute atomic E-state index is 0.0962. The van der Waals surface area contributed by atoms with Gasteiger partial charge in [0.05, 0.1) is 26.3 Å². The van der Waals surface area contributed by atoms with Crippen molar-refractivity contribution in [1.29, 1.82) is 0 Å².